The SMILES string of the molecule is COC(=O)CC1CC(NCC(C)C)CN(C(C)C)C1. The second-order valence-electron chi connectivity index (χ2n) is 6.43. The van der Waals surface area contributed by atoms with Gasteiger partial charge in [-0.15, -0.1) is 0 Å². The molecule has 0 aromatic carbocycles. The number of piperidine rings is 1. The van der Waals surface area contributed by atoms with Crippen LogP contribution in [0.5, 0.6) is 0 Å². The molecule has 1 heterocycles. The Morgan fingerprint density at radius 3 is 2.53 bits per heavy atom. The summed E-state index contributed by atoms with van der Waals surface area (Å²) in [5, 5.41) is 3.63. The molecule has 0 saturated carbocycles. The average molecular weight is 270 g/mol. The fourth-order valence-corrected chi connectivity index (χ4v) is 2.68. The lowest BCUT2D eigenvalue weighted by Crippen LogP contribution is -2.52. The summed E-state index contributed by atoms with van der Waals surface area (Å²) in [4.78, 5) is 13.9. The minimum atomic E-state index is -0.0850. The number of methoxy groups -OCH3 is 1. The minimum absolute atomic E-state index is 0.0850. The Kier molecular flexibility index (Phi) is 6.80. The summed E-state index contributed by atoms with van der Waals surface area (Å²) in [5.41, 5.74) is 0. The van der Waals surface area contributed by atoms with Gasteiger partial charge in [0.1, 0.15) is 0 Å². The van der Waals surface area contributed by atoms with Gasteiger partial charge in [-0.3, -0.25) is 9.69 Å². The first kappa shape index (κ1) is 16.4. The highest BCUT2D eigenvalue weighted by Gasteiger charge is 2.29. The Bertz CT molecular complexity index is 279. The van der Waals surface area contributed by atoms with E-state index in [1.165, 1.54) is 7.11 Å². The Balaban J connectivity index is 2.54. The van der Waals surface area contributed by atoms with Crippen LogP contribution in [0, 0.1) is 11.8 Å². The van der Waals surface area contributed by atoms with Crippen LogP contribution in [0.3, 0.4) is 0 Å². The molecule has 0 bridgehead atoms. The maximum Gasteiger partial charge on any atom is 0.305 e. The molecule has 0 aliphatic carbocycles. The average Bonchev–Trinajstić information content (AvgIpc) is 2.35. The summed E-state index contributed by atoms with van der Waals surface area (Å²) in [6.45, 7) is 12.0. The van der Waals surface area contributed by atoms with Crippen molar-refractivity contribution >= 4 is 5.97 Å². The van der Waals surface area contributed by atoms with Crippen LogP contribution >= 0.6 is 0 Å². The zero-order valence-electron chi connectivity index (χ0n) is 13.1. The van der Waals surface area contributed by atoms with E-state index in [-0.39, 0.29) is 5.97 Å². The number of carbonyl (C=O) groups excluding carboxylic acids is 1. The van der Waals surface area contributed by atoms with Crippen molar-refractivity contribution in [3.05, 3.63) is 0 Å². The van der Waals surface area contributed by atoms with Crippen LogP contribution in [0.4, 0.5) is 0 Å². The Labute approximate surface area is 117 Å². The summed E-state index contributed by atoms with van der Waals surface area (Å²) >= 11 is 0. The van der Waals surface area contributed by atoms with Gasteiger partial charge >= 0.3 is 5.97 Å². The van der Waals surface area contributed by atoms with Gasteiger partial charge in [0, 0.05) is 31.6 Å². The number of hydrogen-bond acceptors (Lipinski definition) is 4. The largest absolute Gasteiger partial charge is 0.469 e. The van der Waals surface area contributed by atoms with E-state index in [9.17, 15) is 4.79 Å². The van der Waals surface area contributed by atoms with E-state index in [2.05, 4.69) is 37.9 Å². The molecule has 1 N–H and O–H groups in total. The highest BCUT2D eigenvalue weighted by molar-refractivity contribution is 5.69. The van der Waals surface area contributed by atoms with Crippen molar-refractivity contribution in [2.24, 2.45) is 11.8 Å². The van der Waals surface area contributed by atoms with Gasteiger partial charge in [-0.25, -0.2) is 0 Å². The summed E-state index contributed by atoms with van der Waals surface area (Å²) in [6, 6.07) is 1.03. The molecule has 2 atom stereocenters. The van der Waals surface area contributed by atoms with Crippen molar-refractivity contribution in [2.45, 2.75) is 52.6 Å². The van der Waals surface area contributed by atoms with E-state index >= 15 is 0 Å². The molecule has 1 rings (SSSR count). The first-order chi connectivity index (χ1) is 8.92. The quantitative estimate of drug-likeness (QED) is 0.749. The third-order valence-corrected chi connectivity index (χ3v) is 3.79. The fourth-order valence-electron chi connectivity index (χ4n) is 2.68. The zero-order chi connectivity index (χ0) is 14.4. The van der Waals surface area contributed by atoms with Crippen LogP contribution < -0.4 is 5.32 Å². The number of nitrogens with zero attached hydrogens (tertiary/aromatic N) is 1. The van der Waals surface area contributed by atoms with Gasteiger partial charge in [0.25, 0.3) is 0 Å². The fraction of sp³-hybridized carbons (Fsp3) is 0.933. The smallest absolute Gasteiger partial charge is 0.305 e. The maximum atomic E-state index is 11.5. The van der Waals surface area contributed by atoms with Crippen LogP contribution in [0.25, 0.3) is 0 Å². The van der Waals surface area contributed by atoms with Gasteiger partial charge < -0.3 is 10.1 Å². The van der Waals surface area contributed by atoms with Crippen molar-refractivity contribution in [3.63, 3.8) is 0 Å². The first-order valence-electron chi connectivity index (χ1n) is 7.46. The summed E-state index contributed by atoms with van der Waals surface area (Å²) in [5.74, 6) is 0.986. The topological polar surface area (TPSA) is 41.6 Å². The number of likely N-dealkylation sites (tertiary alicyclic amines) is 1. The maximum absolute atomic E-state index is 11.5. The highest BCUT2D eigenvalue weighted by Crippen LogP contribution is 2.22. The molecule has 0 aromatic rings. The normalized spacial score (nSPS) is 25.0. The third-order valence-electron chi connectivity index (χ3n) is 3.79. The molecule has 1 fully saturated rings. The Morgan fingerprint density at radius 1 is 1.32 bits per heavy atom. The molecule has 1 aliphatic rings. The lowest BCUT2D eigenvalue weighted by atomic mass is 9.90. The molecule has 0 amide bonds. The van der Waals surface area contributed by atoms with Gasteiger partial charge in [0.15, 0.2) is 0 Å². The third kappa shape index (κ3) is 5.91. The number of hydrogen-bond donors (Lipinski definition) is 1. The van der Waals surface area contributed by atoms with Crippen LogP contribution in [-0.4, -0.2) is 49.7 Å². The minimum Gasteiger partial charge on any atom is -0.469 e. The second kappa shape index (κ2) is 7.85. The highest BCUT2D eigenvalue weighted by atomic mass is 16.5. The number of carbonyl (C=O) groups is 1. The van der Waals surface area contributed by atoms with E-state index < -0.39 is 0 Å². The molecule has 112 valence electrons. The lowest BCUT2D eigenvalue weighted by Gasteiger charge is -2.40. The van der Waals surface area contributed by atoms with E-state index in [1.807, 2.05) is 0 Å². The van der Waals surface area contributed by atoms with Crippen molar-refractivity contribution in [3.8, 4) is 0 Å². The summed E-state index contributed by atoms with van der Waals surface area (Å²) in [7, 11) is 1.47. The number of nitrogens with one attached hydrogen (secondary N) is 1. The van der Waals surface area contributed by atoms with Gasteiger partial charge in [-0.1, -0.05) is 13.8 Å². The molecule has 0 radical (unpaired) electrons. The van der Waals surface area contributed by atoms with Crippen molar-refractivity contribution in [1.29, 1.82) is 0 Å². The Morgan fingerprint density at radius 2 is 2.00 bits per heavy atom. The summed E-state index contributed by atoms with van der Waals surface area (Å²) < 4.78 is 4.80. The van der Waals surface area contributed by atoms with Gasteiger partial charge in [0.05, 0.1) is 7.11 Å². The van der Waals surface area contributed by atoms with E-state index in [4.69, 9.17) is 4.74 Å². The predicted octanol–water partition coefficient (Wildman–Crippen LogP) is 1.89. The van der Waals surface area contributed by atoms with Crippen LogP contribution in [0.15, 0.2) is 0 Å². The molecule has 2 unspecified atom stereocenters. The standard InChI is InChI=1S/C15H30N2O2/c1-11(2)8-16-14-6-13(7-15(18)19-5)9-17(10-14)12(3)4/h11-14,16H,6-10H2,1-5H3. The number of rotatable bonds is 6. The van der Waals surface area contributed by atoms with E-state index in [0.29, 0.717) is 30.3 Å². The first-order valence-corrected chi connectivity index (χ1v) is 7.46. The lowest BCUT2D eigenvalue weighted by molar-refractivity contribution is -0.142. The number of ether oxygens (including phenoxy) is 1. The van der Waals surface area contributed by atoms with Crippen LogP contribution in [0.1, 0.15) is 40.5 Å². The number of esters is 1. The van der Waals surface area contributed by atoms with Gasteiger partial charge in [-0.05, 0) is 38.6 Å². The monoisotopic (exact) mass is 270 g/mol. The molecule has 0 spiro atoms. The second-order valence-corrected chi connectivity index (χ2v) is 6.43. The van der Waals surface area contributed by atoms with Crippen molar-refractivity contribution < 1.29 is 9.53 Å². The van der Waals surface area contributed by atoms with Crippen LogP contribution in [-0.2, 0) is 9.53 Å². The predicted molar refractivity (Wildman–Crippen MR) is 78.1 cm³/mol. The van der Waals surface area contributed by atoms with E-state index in [1.54, 1.807) is 0 Å². The van der Waals surface area contributed by atoms with Crippen molar-refractivity contribution in [2.75, 3.05) is 26.7 Å². The molecule has 0 aromatic heterocycles. The van der Waals surface area contributed by atoms with Gasteiger partial charge in [0.2, 0.25) is 0 Å². The molecule has 1 saturated heterocycles. The van der Waals surface area contributed by atoms with Crippen molar-refractivity contribution in [1.82, 2.24) is 10.2 Å². The Hall–Kier alpha value is -0.610. The van der Waals surface area contributed by atoms with E-state index in [0.717, 1.165) is 26.1 Å². The molecule has 4 nitrogen and oxygen atoms in total. The molecule has 1 aliphatic heterocycles. The summed E-state index contributed by atoms with van der Waals surface area (Å²) in [6.07, 6.45) is 1.62. The zero-order valence-corrected chi connectivity index (χ0v) is 13.1. The molecule has 19 heavy (non-hydrogen) atoms. The van der Waals surface area contributed by atoms with Crippen LogP contribution in [0.2, 0.25) is 0 Å². The van der Waals surface area contributed by atoms with Gasteiger partial charge in [-0.2, -0.15) is 0 Å². The molecular weight excluding hydrogens is 240 g/mol. The molecular formula is C15H30N2O2. The molecule has 4 heteroatoms.